The van der Waals surface area contributed by atoms with Crippen molar-refractivity contribution in [3.8, 4) is 0 Å². The van der Waals surface area contributed by atoms with Crippen molar-refractivity contribution in [3.05, 3.63) is 66.0 Å². The Hall–Kier alpha value is -2.20. The Balaban J connectivity index is 1.60. The molecular formula is C18H21N3O. The second-order valence-electron chi connectivity index (χ2n) is 5.66. The fourth-order valence-electron chi connectivity index (χ4n) is 2.93. The Kier molecular flexibility index (Phi) is 4.49. The number of rotatable bonds is 3. The highest BCUT2D eigenvalue weighted by molar-refractivity contribution is 5.93. The third kappa shape index (κ3) is 3.17. The summed E-state index contributed by atoms with van der Waals surface area (Å²) in [5.74, 6) is 0.0834. The Bertz CT molecular complexity index is 607. The number of amides is 1. The molecule has 0 bridgehead atoms. The first kappa shape index (κ1) is 14.7. The summed E-state index contributed by atoms with van der Waals surface area (Å²) < 4.78 is 0. The van der Waals surface area contributed by atoms with Gasteiger partial charge in [0.1, 0.15) is 0 Å². The third-order valence-electron chi connectivity index (χ3n) is 4.34. The van der Waals surface area contributed by atoms with Crippen molar-refractivity contribution < 1.29 is 4.79 Å². The van der Waals surface area contributed by atoms with Crippen LogP contribution in [0.4, 0.5) is 0 Å². The molecule has 1 atom stereocenters. The van der Waals surface area contributed by atoms with Crippen molar-refractivity contribution in [2.75, 3.05) is 26.2 Å². The highest BCUT2D eigenvalue weighted by atomic mass is 16.2. The molecule has 1 aliphatic rings. The van der Waals surface area contributed by atoms with E-state index in [1.165, 1.54) is 5.56 Å². The molecule has 2 heterocycles. The minimum atomic E-state index is 0.0834. The maximum Gasteiger partial charge on any atom is 0.255 e. The van der Waals surface area contributed by atoms with E-state index < -0.39 is 0 Å². The van der Waals surface area contributed by atoms with Crippen LogP contribution in [0.3, 0.4) is 0 Å². The van der Waals surface area contributed by atoms with Gasteiger partial charge in [0.05, 0.1) is 5.56 Å². The highest BCUT2D eigenvalue weighted by Gasteiger charge is 2.25. The standard InChI is InChI=1S/C18H21N3O/c1-15(16-6-3-2-4-7-16)20-10-12-21(13-11-20)18(22)17-8-5-9-19-14-17/h2-9,14-15H,10-13H2,1H3. The van der Waals surface area contributed by atoms with E-state index in [4.69, 9.17) is 0 Å². The van der Waals surface area contributed by atoms with Gasteiger partial charge in [0.15, 0.2) is 0 Å². The number of nitrogens with zero attached hydrogens (tertiary/aromatic N) is 3. The van der Waals surface area contributed by atoms with E-state index in [1.54, 1.807) is 18.5 Å². The molecule has 0 radical (unpaired) electrons. The van der Waals surface area contributed by atoms with Crippen LogP contribution in [-0.2, 0) is 0 Å². The molecule has 114 valence electrons. The van der Waals surface area contributed by atoms with Crippen molar-refractivity contribution in [3.63, 3.8) is 0 Å². The van der Waals surface area contributed by atoms with Crippen molar-refractivity contribution in [1.82, 2.24) is 14.8 Å². The van der Waals surface area contributed by atoms with E-state index >= 15 is 0 Å². The molecular weight excluding hydrogens is 274 g/mol. The molecule has 1 unspecified atom stereocenters. The van der Waals surface area contributed by atoms with Crippen LogP contribution in [0.5, 0.6) is 0 Å². The smallest absolute Gasteiger partial charge is 0.255 e. The van der Waals surface area contributed by atoms with Gasteiger partial charge < -0.3 is 4.90 Å². The lowest BCUT2D eigenvalue weighted by atomic mass is 10.1. The van der Waals surface area contributed by atoms with E-state index in [0.29, 0.717) is 11.6 Å². The largest absolute Gasteiger partial charge is 0.336 e. The van der Waals surface area contributed by atoms with Gasteiger partial charge in [-0.3, -0.25) is 14.7 Å². The maximum atomic E-state index is 12.4. The Morgan fingerprint density at radius 1 is 1.05 bits per heavy atom. The predicted octanol–water partition coefficient (Wildman–Crippen LogP) is 2.60. The third-order valence-corrected chi connectivity index (χ3v) is 4.34. The maximum absolute atomic E-state index is 12.4. The molecule has 1 saturated heterocycles. The molecule has 4 heteroatoms. The number of pyridine rings is 1. The molecule has 1 aliphatic heterocycles. The van der Waals surface area contributed by atoms with Crippen molar-refractivity contribution in [2.45, 2.75) is 13.0 Å². The van der Waals surface area contributed by atoms with Gasteiger partial charge in [-0.05, 0) is 24.6 Å². The summed E-state index contributed by atoms with van der Waals surface area (Å²) in [6, 6.07) is 14.5. The molecule has 0 saturated carbocycles. The highest BCUT2D eigenvalue weighted by Crippen LogP contribution is 2.21. The average molecular weight is 295 g/mol. The molecule has 0 aliphatic carbocycles. The first-order valence-electron chi connectivity index (χ1n) is 7.74. The number of hydrogen-bond donors (Lipinski definition) is 0. The normalized spacial score (nSPS) is 17.2. The van der Waals surface area contributed by atoms with E-state index in [2.05, 4.69) is 41.1 Å². The van der Waals surface area contributed by atoms with E-state index in [-0.39, 0.29) is 5.91 Å². The number of hydrogen-bond acceptors (Lipinski definition) is 3. The summed E-state index contributed by atoms with van der Waals surface area (Å²) in [5.41, 5.74) is 2.00. The molecule has 2 aromatic rings. The van der Waals surface area contributed by atoms with Crippen molar-refractivity contribution >= 4 is 5.91 Å². The lowest BCUT2D eigenvalue weighted by molar-refractivity contribution is 0.0581. The summed E-state index contributed by atoms with van der Waals surface area (Å²) in [6.07, 6.45) is 3.33. The topological polar surface area (TPSA) is 36.4 Å². The second-order valence-corrected chi connectivity index (χ2v) is 5.66. The summed E-state index contributed by atoms with van der Waals surface area (Å²) in [5, 5.41) is 0. The van der Waals surface area contributed by atoms with E-state index in [9.17, 15) is 4.79 Å². The second kappa shape index (κ2) is 6.71. The van der Waals surface area contributed by atoms with Gasteiger partial charge in [-0.1, -0.05) is 30.3 Å². The van der Waals surface area contributed by atoms with E-state index in [0.717, 1.165) is 26.2 Å². The first-order chi connectivity index (χ1) is 10.8. The van der Waals surface area contributed by atoms with Crippen LogP contribution >= 0.6 is 0 Å². The van der Waals surface area contributed by atoms with Crippen LogP contribution in [0.1, 0.15) is 28.9 Å². The van der Waals surface area contributed by atoms with Crippen LogP contribution in [0.15, 0.2) is 54.9 Å². The minimum absolute atomic E-state index is 0.0834. The van der Waals surface area contributed by atoms with Crippen LogP contribution in [0.25, 0.3) is 0 Å². The zero-order valence-electron chi connectivity index (χ0n) is 12.9. The first-order valence-corrected chi connectivity index (χ1v) is 7.74. The quantitative estimate of drug-likeness (QED) is 0.873. The Morgan fingerprint density at radius 3 is 2.41 bits per heavy atom. The van der Waals surface area contributed by atoms with Gasteiger partial charge in [-0.2, -0.15) is 0 Å². The predicted molar refractivity (Wildman–Crippen MR) is 86.6 cm³/mol. The molecule has 4 nitrogen and oxygen atoms in total. The van der Waals surface area contributed by atoms with Crippen LogP contribution in [0.2, 0.25) is 0 Å². The van der Waals surface area contributed by atoms with Crippen LogP contribution < -0.4 is 0 Å². The van der Waals surface area contributed by atoms with Gasteiger partial charge in [-0.15, -0.1) is 0 Å². The van der Waals surface area contributed by atoms with Gasteiger partial charge in [0, 0.05) is 44.6 Å². The monoisotopic (exact) mass is 295 g/mol. The molecule has 1 aromatic carbocycles. The number of carbonyl (C=O) groups excluding carboxylic acids is 1. The SMILES string of the molecule is CC(c1ccccc1)N1CCN(C(=O)c2cccnc2)CC1. The minimum Gasteiger partial charge on any atom is -0.336 e. The van der Waals surface area contributed by atoms with Gasteiger partial charge in [-0.25, -0.2) is 0 Å². The summed E-state index contributed by atoms with van der Waals surface area (Å²) in [4.78, 5) is 20.8. The number of piperazine rings is 1. The average Bonchev–Trinajstić information content (AvgIpc) is 2.62. The summed E-state index contributed by atoms with van der Waals surface area (Å²) in [6.45, 7) is 5.58. The molecule has 1 amide bonds. The lowest BCUT2D eigenvalue weighted by Gasteiger charge is -2.38. The summed E-state index contributed by atoms with van der Waals surface area (Å²) >= 11 is 0. The molecule has 0 spiro atoms. The zero-order chi connectivity index (χ0) is 15.4. The van der Waals surface area contributed by atoms with Crippen molar-refractivity contribution in [2.24, 2.45) is 0 Å². The molecule has 0 N–H and O–H groups in total. The molecule has 22 heavy (non-hydrogen) atoms. The van der Waals surface area contributed by atoms with Crippen LogP contribution in [0, 0.1) is 0 Å². The summed E-state index contributed by atoms with van der Waals surface area (Å²) in [7, 11) is 0. The van der Waals surface area contributed by atoms with Crippen LogP contribution in [-0.4, -0.2) is 46.9 Å². The van der Waals surface area contributed by atoms with Crippen molar-refractivity contribution in [1.29, 1.82) is 0 Å². The van der Waals surface area contributed by atoms with E-state index in [1.807, 2.05) is 17.0 Å². The lowest BCUT2D eigenvalue weighted by Crippen LogP contribution is -2.49. The fourth-order valence-corrected chi connectivity index (χ4v) is 2.93. The molecule has 1 aromatic heterocycles. The zero-order valence-corrected chi connectivity index (χ0v) is 12.9. The fraction of sp³-hybridized carbons (Fsp3) is 0.333. The number of aromatic nitrogens is 1. The molecule has 1 fully saturated rings. The van der Waals surface area contributed by atoms with Gasteiger partial charge >= 0.3 is 0 Å². The number of carbonyl (C=O) groups is 1. The Labute approximate surface area is 131 Å². The Morgan fingerprint density at radius 2 is 1.77 bits per heavy atom. The van der Waals surface area contributed by atoms with Gasteiger partial charge in [0.2, 0.25) is 0 Å². The number of benzene rings is 1. The molecule has 3 rings (SSSR count). The van der Waals surface area contributed by atoms with Gasteiger partial charge in [0.25, 0.3) is 5.91 Å².